The number of nitrogens with zero attached hydrogens (tertiary/aromatic N) is 1. The summed E-state index contributed by atoms with van der Waals surface area (Å²) in [4.78, 5) is 0. The van der Waals surface area contributed by atoms with Crippen molar-refractivity contribution in [2.45, 2.75) is 32.2 Å². The molecule has 1 aliphatic carbocycles. The molecule has 1 rings (SSSR count). The first-order chi connectivity index (χ1) is 4.83. The summed E-state index contributed by atoms with van der Waals surface area (Å²) in [6.45, 7) is 2.78. The van der Waals surface area contributed by atoms with E-state index in [0.29, 0.717) is 12.6 Å². The highest BCUT2D eigenvalue weighted by molar-refractivity contribution is 4.82. The summed E-state index contributed by atoms with van der Waals surface area (Å²) in [5.74, 6) is 0.858. The Morgan fingerprint density at radius 3 is 2.90 bits per heavy atom. The second kappa shape index (κ2) is 3.58. The molecule has 1 N–H and O–H groups in total. The van der Waals surface area contributed by atoms with Crippen molar-refractivity contribution in [1.29, 1.82) is 5.26 Å². The van der Waals surface area contributed by atoms with Crippen molar-refractivity contribution in [3.8, 4) is 6.07 Å². The van der Waals surface area contributed by atoms with Gasteiger partial charge in [-0.15, -0.1) is 0 Å². The van der Waals surface area contributed by atoms with E-state index in [9.17, 15) is 0 Å². The molecule has 56 valence electrons. The quantitative estimate of drug-likeness (QED) is 0.583. The molecule has 0 amide bonds. The molecule has 0 aliphatic heterocycles. The van der Waals surface area contributed by atoms with E-state index in [1.54, 1.807) is 0 Å². The molecule has 2 nitrogen and oxygen atoms in total. The average Bonchev–Trinajstić information content (AvgIpc) is 2.31. The van der Waals surface area contributed by atoms with Crippen LogP contribution in [0.5, 0.6) is 0 Å². The molecule has 1 fully saturated rings. The summed E-state index contributed by atoms with van der Waals surface area (Å²) < 4.78 is 0. The van der Waals surface area contributed by atoms with Gasteiger partial charge in [-0.1, -0.05) is 6.92 Å². The molecule has 2 unspecified atom stereocenters. The molecule has 0 saturated heterocycles. The van der Waals surface area contributed by atoms with Crippen LogP contribution < -0.4 is 5.32 Å². The number of nitriles is 1. The SMILES string of the molecule is CC1CCC(NCC#N)C1. The van der Waals surface area contributed by atoms with Crippen molar-refractivity contribution in [1.82, 2.24) is 5.32 Å². The molecule has 2 heteroatoms. The van der Waals surface area contributed by atoms with Gasteiger partial charge in [-0.25, -0.2) is 0 Å². The summed E-state index contributed by atoms with van der Waals surface area (Å²) in [5.41, 5.74) is 0. The van der Waals surface area contributed by atoms with E-state index in [0.717, 1.165) is 5.92 Å². The first kappa shape index (κ1) is 7.56. The Balaban J connectivity index is 2.14. The molecule has 0 spiro atoms. The Hall–Kier alpha value is -0.550. The summed E-state index contributed by atoms with van der Waals surface area (Å²) in [6, 6.07) is 2.72. The maximum absolute atomic E-state index is 8.28. The third-order valence-corrected chi connectivity index (χ3v) is 2.16. The molecule has 0 radical (unpaired) electrons. The van der Waals surface area contributed by atoms with Gasteiger partial charge in [0.25, 0.3) is 0 Å². The van der Waals surface area contributed by atoms with Gasteiger partial charge < -0.3 is 5.32 Å². The predicted octanol–water partition coefficient (Wildman–Crippen LogP) is 1.29. The van der Waals surface area contributed by atoms with Gasteiger partial charge in [-0.05, 0) is 25.2 Å². The van der Waals surface area contributed by atoms with Gasteiger partial charge in [0, 0.05) is 6.04 Å². The van der Waals surface area contributed by atoms with Gasteiger partial charge in [0.1, 0.15) is 0 Å². The molecule has 1 saturated carbocycles. The molecule has 10 heavy (non-hydrogen) atoms. The lowest BCUT2D eigenvalue weighted by Crippen LogP contribution is -2.26. The smallest absolute Gasteiger partial charge is 0.0843 e. The normalized spacial score (nSPS) is 32.0. The van der Waals surface area contributed by atoms with Crippen LogP contribution in [0.15, 0.2) is 0 Å². The minimum absolute atomic E-state index is 0.511. The van der Waals surface area contributed by atoms with E-state index >= 15 is 0 Å². The highest BCUT2D eigenvalue weighted by Crippen LogP contribution is 2.24. The lowest BCUT2D eigenvalue weighted by Gasteiger charge is -2.07. The Kier molecular flexibility index (Phi) is 2.70. The third kappa shape index (κ3) is 2.00. The summed E-state index contributed by atoms with van der Waals surface area (Å²) >= 11 is 0. The molecule has 0 heterocycles. The van der Waals surface area contributed by atoms with Crippen LogP contribution >= 0.6 is 0 Å². The van der Waals surface area contributed by atoms with E-state index < -0.39 is 0 Å². The minimum Gasteiger partial charge on any atom is -0.302 e. The van der Waals surface area contributed by atoms with Crippen LogP contribution in [0.1, 0.15) is 26.2 Å². The Morgan fingerprint density at radius 1 is 1.60 bits per heavy atom. The summed E-state index contributed by atoms with van der Waals surface area (Å²) in [5, 5.41) is 11.5. The zero-order chi connectivity index (χ0) is 7.40. The fraction of sp³-hybridized carbons (Fsp3) is 0.875. The summed E-state index contributed by atoms with van der Waals surface area (Å²) in [7, 11) is 0. The Morgan fingerprint density at radius 2 is 2.40 bits per heavy atom. The van der Waals surface area contributed by atoms with Crippen molar-refractivity contribution in [2.75, 3.05) is 6.54 Å². The van der Waals surface area contributed by atoms with Gasteiger partial charge in [0.05, 0.1) is 12.6 Å². The lowest BCUT2D eigenvalue weighted by atomic mass is 10.1. The molecule has 0 aromatic carbocycles. The lowest BCUT2D eigenvalue weighted by molar-refractivity contribution is 0.529. The molecule has 0 bridgehead atoms. The van der Waals surface area contributed by atoms with Crippen molar-refractivity contribution in [2.24, 2.45) is 5.92 Å². The maximum atomic E-state index is 8.28. The number of rotatable bonds is 2. The highest BCUT2D eigenvalue weighted by Gasteiger charge is 2.19. The highest BCUT2D eigenvalue weighted by atomic mass is 14.9. The molecule has 2 atom stereocenters. The van der Waals surface area contributed by atoms with Gasteiger partial charge in [-0.2, -0.15) is 5.26 Å². The zero-order valence-corrected chi connectivity index (χ0v) is 6.43. The van der Waals surface area contributed by atoms with E-state index in [1.807, 2.05) is 0 Å². The van der Waals surface area contributed by atoms with Gasteiger partial charge in [0.15, 0.2) is 0 Å². The fourth-order valence-corrected chi connectivity index (χ4v) is 1.58. The van der Waals surface area contributed by atoms with E-state index in [1.165, 1.54) is 19.3 Å². The maximum Gasteiger partial charge on any atom is 0.0843 e. The topological polar surface area (TPSA) is 35.8 Å². The van der Waals surface area contributed by atoms with Crippen LogP contribution in [-0.4, -0.2) is 12.6 Å². The van der Waals surface area contributed by atoms with Crippen LogP contribution in [0.3, 0.4) is 0 Å². The second-order valence-electron chi connectivity index (χ2n) is 3.15. The first-order valence-corrected chi connectivity index (χ1v) is 3.93. The Bertz CT molecular complexity index is 137. The van der Waals surface area contributed by atoms with Crippen LogP contribution in [0.4, 0.5) is 0 Å². The van der Waals surface area contributed by atoms with Crippen LogP contribution in [0, 0.1) is 17.2 Å². The van der Waals surface area contributed by atoms with Crippen molar-refractivity contribution < 1.29 is 0 Å². The van der Waals surface area contributed by atoms with E-state index in [-0.39, 0.29) is 0 Å². The third-order valence-electron chi connectivity index (χ3n) is 2.16. The van der Waals surface area contributed by atoms with Gasteiger partial charge in [-0.3, -0.25) is 0 Å². The molecule has 1 aliphatic rings. The first-order valence-electron chi connectivity index (χ1n) is 3.93. The predicted molar refractivity (Wildman–Crippen MR) is 40.4 cm³/mol. The van der Waals surface area contributed by atoms with Crippen molar-refractivity contribution in [3.63, 3.8) is 0 Å². The van der Waals surface area contributed by atoms with Gasteiger partial charge >= 0.3 is 0 Å². The number of hydrogen-bond acceptors (Lipinski definition) is 2. The van der Waals surface area contributed by atoms with E-state index in [2.05, 4.69) is 18.3 Å². The van der Waals surface area contributed by atoms with Crippen molar-refractivity contribution >= 4 is 0 Å². The number of hydrogen-bond donors (Lipinski definition) is 1. The zero-order valence-electron chi connectivity index (χ0n) is 6.43. The van der Waals surface area contributed by atoms with E-state index in [4.69, 9.17) is 5.26 Å². The van der Waals surface area contributed by atoms with Gasteiger partial charge in [0.2, 0.25) is 0 Å². The molecule has 0 aromatic heterocycles. The van der Waals surface area contributed by atoms with Crippen molar-refractivity contribution in [3.05, 3.63) is 0 Å². The minimum atomic E-state index is 0.511. The standard InChI is InChI=1S/C8H14N2/c1-7-2-3-8(6-7)10-5-4-9/h7-8,10H,2-3,5-6H2,1H3. The monoisotopic (exact) mass is 138 g/mol. The molecule has 0 aromatic rings. The van der Waals surface area contributed by atoms with Crippen LogP contribution in [0.25, 0.3) is 0 Å². The largest absolute Gasteiger partial charge is 0.302 e. The Labute approximate surface area is 62.2 Å². The average molecular weight is 138 g/mol. The van der Waals surface area contributed by atoms with Crippen LogP contribution in [0.2, 0.25) is 0 Å². The fourth-order valence-electron chi connectivity index (χ4n) is 1.58. The van der Waals surface area contributed by atoms with Crippen LogP contribution in [-0.2, 0) is 0 Å². The summed E-state index contributed by atoms with van der Waals surface area (Å²) in [6.07, 6.45) is 3.83. The molecular weight excluding hydrogens is 124 g/mol. The molecular formula is C8H14N2. The number of nitrogens with one attached hydrogen (secondary N) is 1. The second-order valence-corrected chi connectivity index (χ2v) is 3.15.